The van der Waals surface area contributed by atoms with Crippen molar-refractivity contribution in [3.63, 3.8) is 0 Å². The van der Waals surface area contributed by atoms with Gasteiger partial charge in [0, 0.05) is 18.0 Å². The monoisotopic (exact) mass is 381 g/mol. The number of thiazole rings is 1. The Morgan fingerprint density at radius 3 is 2.63 bits per heavy atom. The first-order valence-electron chi connectivity index (χ1n) is 8.13. The Morgan fingerprint density at radius 2 is 1.89 bits per heavy atom. The van der Waals surface area contributed by atoms with E-state index in [-0.39, 0.29) is 12.1 Å². The summed E-state index contributed by atoms with van der Waals surface area (Å²) in [5, 5.41) is 0.481. The molecule has 4 rings (SSSR count). The lowest BCUT2D eigenvalue weighted by Crippen LogP contribution is -2.30. The number of pyridine rings is 1. The number of rotatable bonds is 4. The van der Waals surface area contributed by atoms with Gasteiger partial charge < -0.3 is 0 Å². The van der Waals surface area contributed by atoms with Gasteiger partial charge in [-0.2, -0.15) is 0 Å². The highest BCUT2D eigenvalue weighted by molar-refractivity contribution is 7.22. The normalized spacial score (nSPS) is 10.9. The second-order valence-corrected chi connectivity index (χ2v) is 6.85. The third-order valence-electron chi connectivity index (χ3n) is 3.99. The predicted octanol–water partition coefficient (Wildman–Crippen LogP) is 4.82. The van der Waals surface area contributed by atoms with Gasteiger partial charge in [-0.1, -0.05) is 29.5 Å². The van der Waals surface area contributed by atoms with E-state index in [1.165, 1.54) is 22.3 Å². The minimum atomic E-state index is -1.06. The first-order valence-corrected chi connectivity index (χ1v) is 8.95. The molecule has 2 aromatic carbocycles. The zero-order chi connectivity index (χ0) is 18.8. The van der Waals surface area contributed by atoms with Crippen LogP contribution in [0.2, 0.25) is 0 Å². The molecular formula is C20H13F2N3OS. The van der Waals surface area contributed by atoms with Crippen LogP contribution in [0.15, 0.2) is 67.0 Å². The van der Waals surface area contributed by atoms with Crippen LogP contribution in [-0.2, 0) is 6.54 Å². The number of para-hydroxylation sites is 1. The van der Waals surface area contributed by atoms with Crippen molar-refractivity contribution in [3.8, 4) is 0 Å². The summed E-state index contributed by atoms with van der Waals surface area (Å²) in [5.41, 5.74) is 1.62. The van der Waals surface area contributed by atoms with E-state index in [1.54, 1.807) is 18.5 Å². The number of anilines is 1. The summed E-state index contributed by atoms with van der Waals surface area (Å²) in [7, 11) is 0. The first-order chi connectivity index (χ1) is 13.1. The maximum atomic E-state index is 13.6. The van der Waals surface area contributed by atoms with Crippen LogP contribution in [0.25, 0.3) is 10.2 Å². The van der Waals surface area contributed by atoms with Gasteiger partial charge in [-0.15, -0.1) is 0 Å². The number of fused-ring (bicyclic) bond motifs is 1. The first kappa shape index (κ1) is 17.2. The Kier molecular flexibility index (Phi) is 4.60. The summed E-state index contributed by atoms with van der Waals surface area (Å²) in [6, 6.07) is 14.3. The van der Waals surface area contributed by atoms with E-state index in [0.717, 1.165) is 27.9 Å². The number of carbonyl (C=O) groups is 1. The molecule has 0 aliphatic heterocycles. The molecule has 0 aliphatic rings. The van der Waals surface area contributed by atoms with Crippen molar-refractivity contribution < 1.29 is 13.6 Å². The van der Waals surface area contributed by atoms with Crippen molar-refractivity contribution in [3.05, 3.63) is 89.8 Å². The minimum absolute atomic E-state index is 0.0528. The molecule has 27 heavy (non-hydrogen) atoms. The van der Waals surface area contributed by atoms with Crippen molar-refractivity contribution in [2.75, 3.05) is 4.90 Å². The topological polar surface area (TPSA) is 46.1 Å². The van der Waals surface area contributed by atoms with Crippen molar-refractivity contribution >= 4 is 32.6 Å². The number of aromatic nitrogens is 2. The molecule has 0 saturated heterocycles. The number of nitrogens with zero attached hydrogens (tertiary/aromatic N) is 3. The number of benzene rings is 2. The highest BCUT2D eigenvalue weighted by Crippen LogP contribution is 2.30. The van der Waals surface area contributed by atoms with Crippen molar-refractivity contribution in [1.29, 1.82) is 0 Å². The lowest BCUT2D eigenvalue weighted by Gasteiger charge is -2.20. The van der Waals surface area contributed by atoms with Crippen LogP contribution < -0.4 is 4.90 Å². The van der Waals surface area contributed by atoms with Gasteiger partial charge in [0.05, 0.1) is 16.8 Å². The van der Waals surface area contributed by atoms with E-state index in [4.69, 9.17) is 0 Å². The average molecular weight is 381 g/mol. The summed E-state index contributed by atoms with van der Waals surface area (Å²) >= 11 is 1.36. The highest BCUT2D eigenvalue weighted by Gasteiger charge is 2.22. The van der Waals surface area contributed by atoms with Gasteiger partial charge >= 0.3 is 0 Å². The van der Waals surface area contributed by atoms with Gasteiger partial charge in [0.1, 0.15) is 0 Å². The van der Waals surface area contributed by atoms with Gasteiger partial charge in [-0.3, -0.25) is 14.7 Å². The fourth-order valence-corrected chi connectivity index (χ4v) is 3.62. The minimum Gasteiger partial charge on any atom is -0.279 e. The van der Waals surface area contributed by atoms with Gasteiger partial charge in [0.25, 0.3) is 5.91 Å². The number of hydrogen-bond acceptors (Lipinski definition) is 4. The molecule has 4 aromatic rings. The molecule has 0 fully saturated rings. The smallest absolute Gasteiger partial charge is 0.260 e. The zero-order valence-electron chi connectivity index (χ0n) is 14.0. The molecule has 0 spiro atoms. The highest BCUT2D eigenvalue weighted by atomic mass is 32.1. The third-order valence-corrected chi connectivity index (χ3v) is 5.05. The Labute approximate surface area is 157 Å². The standard InChI is InChI=1S/C20H13F2N3OS/c21-15-8-7-14(10-16(15)22)19(26)25(12-13-4-3-9-23-11-13)20-24-17-5-1-2-6-18(17)27-20/h1-11H,12H2. The summed E-state index contributed by atoms with van der Waals surface area (Å²) in [6.45, 7) is 0.214. The molecule has 0 N–H and O–H groups in total. The van der Waals surface area contributed by atoms with Crippen molar-refractivity contribution in [1.82, 2.24) is 9.97 Å². The van der Waals surface area contributed by atoms with Crippen LogP contribution in [0, 0.1) is 11.6 Å². The molecule has 0 bridgehead atoms. The molecule has 1 amide bonds. The van der Waals surface area contributed by atoms with Crippen LogP contribution in [-0.4, -0.2) is 15.9 Å². The molecule has 7 heteroatoms. The third kappa shape index (κ3) is 3.54. The summed E-state index contributed by atoms with van der Waals surface area (Å²) in [5.74, 6) is -2.52. The molecule has 0 unspecified atom stereocenters. The summed E-state index contributed by atoms with van der Waals surface area (Å²) in [4.78, 5) is 23.1. The van der Waals surface area contributed by atoms with E-state index in [0.29, 0.717) is 5.13 Å². The SMILES string of the molecule is O=C(c1ccc(F)c(F)c1)N(Cc1cccnc1)c1nc2ccccc2s1. The van der Waals surface area contributed by atoms with E-state index in [2.05, 4.69) is 9.97 Å². The summed E-state index contributed by atoms with van der Waals surface area (Å²) < 4.78 is 27.8. The molecule has 0 aliphatic carbocycles. The van der Waals surface area contributed by atoms with Gasteiger partial charge in [-0.05, 0) is 42.0 Å². The van der Waals surface area contributed by atoms with E-state index in [9.17, 15) is 13.6 Å². The molecule has 2 aromatic heterocycles. The molecule has 134 valence electrons. The molecule has 2 heterocycles. The van der Waals surface area contributed by atoms with E-state index >= 15 is 0 Å². The van der Waals surface area contributed by atoms with Crippen molar-refractivity contribution in [2.24, 2.45) is 0 Å². The van der Waals surface area contributed by atoms with Crippen LogP contribution in [0.5, 0.6) is 0 Å². The van der Waals surface area contributed by atoms with E-state index < -0.39 is 17.5 Å². The Balaban J connectivity index is 1.77. The number of hydrogen-bond donors (Lipinski definition) is 0. The molecule has 0 radical (unpaired) electrons. The molecule has 0 atom stereocenters. The lowest BCUT2D eigenvalue weighted by atomic mass is 10.1. The molecular weight excluding hydrogens is 368 g/mol. The number of carbonyl (C=O) groups excluding carboxylic acids is 1. The van der Waals surface area contributed by atoms with Gasteiger partial charge in [0.2, 0.25) is 0 Å². The number of halogens is 2. The molecule has 4 nitrogen and oxygen atoms in total. The average Bonchev–Trinajstić information content (AvgIpc) is 3.12. The quantitative estimate of drug-likeness (QED) is 0.509. The summed E-state index contributed by atoms with van der Waals surface area (Å²) in [6.07, 6.45) is 3.29. The predicted molar refractivity (Wildman–Crippen MR) is 101 cm³/mol. The largest absolute Gasteiger partial charge is 0.279 e. The fourth-order valence-electron chi connectivity index (χ4n) is 2.66. The molecule has 0 saturated carbocycles. The second-order valence-electron chi connectivity index (χ2n) is 5.85. The van der Waals surface area contributed by atoms with Crippen LogP contribution in [0.3, 0.4) is 0 Å². The van der Waals surface area contributed by atoms with Crippen molar-refractivity contribution in [2.45, 2.75) is 6.54 Å². The van der Waals surface area contributed by atoms with Crippen LogP contribution in [0.1, 0.15) is 15.9 Å². The van der Waals surface area contributed by atoms with Crippen LogP contribution >= 0.6 is 11.3 Å². The lowest BCUT2D eigenvalue weighted by molar-refractivity contribution is 0.0984. The van der Waals surface area contributed by atoms with Gasteiger partial charge in [-0.25, -0.2) is 13.8 Å². The van der Waals surface area contributed by atoms with Gasteiger partial charge in [0.15, 0.2) is 16.8 Å². The Bertz CT molecular complexity index is 1080. The second kappa shape index (κ2) is 7.20. The van der Waals surface area contributed by atoms with Crippen LogP contribution in [0.4, 0.5) is 13.9 Å². The zero-order valence-corrected chi connectivity index (χ0v) is 14.8. The maximum absolute atomic E-state index is 13.6. The Hall–Kier alpha value is -3.19. The number of amides is 1. The fraction of sp³-hybridized carbons (Fsp3) is 0.0500. The maximum Gasteiger partial charge on any atom is 0.260 e. The Morgan fingerprint density at radius 1 is 1.04 bits per heavy atom. The van der Waals surface area contributed by atoms with E-state index in [1.807, 2.05) is 30.3 Å².